The third-order valence-electron chi connectivity index (χ3n) is 1.94. The van der Waals surface area contributed by atoms with E-state index in [4.69, 9.17) is 5.11 Å². The number of hydrogen-bond donors (Lipinski definition) is 2. The number of nitrogens with zero attached hydrogens (tertiary/aromatic N) is 1. The van der Waals surface area contributed by atoms with Crippen molar-refractivity contribution >= 4 is 12.6 Å². The van der Waals surface area contributed by atoms with Crippen molar-refractivity contribution in [3.8, 4) is 0 Å². The van der Waals surface area contributed by atoms with E-state index in [1.165, 1.54) is 0 Å². The lowest BCUT2D eigenvalue weighted by molar-refractivity contribution is 0.160. The van der Waals surface area contributed by atoms with Gasteiger partial charge in [-0.25, -0.2) is 0 Å². The van der Waals surface area contributed by atoms with Crippen molar-refractivity contribution in [2.45, 2.75) is 20.8 Å². The van der Waals surface area contributed by atoms with Crippen LogP contribution < -0.4 is 0 Å². The van der Waals surface area contributed by atoms with Gasteiger partial charge in [0.25, 0.3) is 0 Å². The summed E-state index contributed by atoms with van der Waals surface area (Å²) in [6, 6.07) is 0. The van der Waals surface area contributed by atoms with Gasteiger partial charge in [-0.1, -0.05) is 20.8 Å². The molecule has 0 fully saturated rings. The lowest BCUT2D eigenvalue weighted by Crippen LogP contribution is -2.37. The lowest BCUT2D eigenvalue weighted by Gasteiger charge is -2.30. The molecule has 0 aromatic rings. The maximum atomic E-state index is 8.78. The minimum atomic E-state index is 0.244. The van der Waals surface area contributed by atoms with Crippen LogP contribution in [0.2, 0.25) is 0 Å². The first-order valence-electron chi connectivity index (χ1n) is 4.50. The molecule has 0 saturated heterocycles. The van der Waals surface area contributed by atoms with Crippen LogP contribution >= 0.6 is 12.6 Å². The predicted octanol–water partition coefficient (Wildman–Crippen LogP) is 1.26. The molecule has 0 aromatic carbocycles. The molecule has 0 saturated carbocycles. The second-order valence-corrected chi connectivity index (χ2v) is 4.23. The molecule has 0 aromatic heterocycles. The van der Waals surface area contributed by atoms with Gasteiger partial charge in [0.05, 0.1) is 6.61 Å². The largest absolute Gasteiger partial charge is 0.395 e. The maximum Gasteiger partial charge on any atom is 0.0558 e. The summed E-state index contributed by atoms with van der Waals surface area (Å²) in [5.74, 6) is 0.884. The van der Waals surface area contributed by atoms with Gasteiger partial charge in [0, 0.05) is 13.1 Å². The predicted molar refractivity (Wildman–Crippen MR) is 56.8 cm³/mol. The Labute approximate surface area is 81.4 Å². The highest BCUT2D eigenvalue weighted by molar-refractivity contribution is 7.80. The zero-order chi connectivity index (χ0) is 9.61. The highest BCUT2D eigenvalue weighted by Gasteiger charge is 2.18. The van der Waals surface area contributed by atoms with Crippen molar-refractivity contribution in [3.63, 3.8) is 0 Å². The quantitative estimate of drug-likeness (QED) is 0.617. The van der Waals surface area contributed by atoms with Crippen molar-refractivity contribution in [1.82, 2.24) is 4.90 Å². The third kappa shape index (κ3) is 5.01. The standard InChI is InChI=1S/C9H21NOS/c1-4-10(5-6-11)7-9(2,3)8-12/h11-12H,4-8H2,1-3H3. The topological polar surface area (TPSA) is 23.5 Å². The molecule has 0 aliphatic rings. The van der Waals surface area contributed by atoms with E-state index in [1.807, 2.05) is 0 Å². The Hall–Kier alpha value is 0.270. The summed E-state index contributed by atoms with van der Waals surface area (Å²) in [6.07, 6.45) is 0. The van der Waals surface area contributed by atoms with Gasteiger partial charge in [0.15, 0.2) is 0 Å². The van der Waals surface area contributed by atoms with Crippen LogP contribution in [-0.2, 0) is 0 Å². The summed E-state index contributed by atoms with van der Waals surface area (Å²) in [5, 5.41) is 8.78. The van der Waals surface area contributed by atoms with E-state index in [-0.39, 0.29) is 12.0 Å². The van der Waals surface area contributed by atoms with Crippen LogP contribution in [0.15, 0.2) is 0 Å². The molecule has 0 rings (SSSR count). The van der Waals surface area contributed by atoms with E-state index in [2.05, 4.69) is 38.3 Å². The molecule has 0 bridgehead atoms. The second-order valence-electron chi connectivity index (χ2n) is 3.91. The Morgan fingerprint density at radius 3 is 2.33 bits per heavy atom. The summed E-state index contributed by atoms with van der Waals surface area (Å²) in [7, 11) is 0. The average Bonchev–Trinajstić information content (AvgIpc) is 2.03. The van der Waals surface area contributed by atoms with Crippen molar-refractivity contribution in [2.75, 3.05) is 32.0 Å². The number of aliphatic hydroxyl groups is 1. The lowest BCUT2D eigenvalue weighted by atomic mass is 9.95. The fourth-order valence-corrected chi connectivity index (χ4v) is 1.25. The van der Waals surface area contributed by atoms with E-state index in [9.17, 15) is 0 Å². The van der Waals surface area contributed by atoms with Crippen molar-refractivity contribution in [2.24, 2.45) is 5.41 Å². The molecule has 1 N–H and O–H groups in total. The van der Waals surface area contributed by atoms with Crippen molar-refractivity contribution in [1.29, 1.82) is 0 Å². The fraction of sp³-hybridized carbons (Fsp3) is 1.00. The molecule has 3 heteroatoms. The van der Waals surface area contributed by atoms with E-state index >= 15 is 0 Å². The number of rotatable bonds is 6. The van der Waals surface area contributed by atoms with Crippen LogP contribution in [0.3, 0.4) is 0 Å². The van der Waals surface area contributed by atoms with Crippen LogP contribution in [0.5, 0.6) is 0 Å². The van der Waals surface area contributed by atoms with Gasteiger partial charge in [-0.15, -0.1) is 0 Å². The molecule has 0 spiro atoms. The summed E-state index contributed by atoms with van der Waals surface area (Å²) >= 11 is 4.29. The van der Waals surface area contributed by atoms with Gasteiger partial charge >= 0.3 is 0 Å². The van der Waals surface area contributed by atoms with Crippen molar-refractivity contribution < 1.29 is 5.11 Å². The second kappa shape index (κ2) is 5.84. The molecular formula is C9H21NOS. The first-order valence-corrected chi connectivity index (χ1v) is 5.13. The Kier molecular flexibility index (Phi) is 5.97. The summed E-state index contributed by atoms with van der Waals surface area (Å²) < 4.78 is 0. The monoisotopic (exact) mass is 191 g/mol. The Bertz CT molecular complexity index is 117. The minimum absolute atomic E-state index is 0.244. The van der Waals surface area contributed by atoms with Gasteiger partial charge in [-0.05, 0) is 17.7 Å². The molecule has 2 nitrogen and oxygen atoms in total. The maximum absolute atomic E-state index is 8.78. The summed E-state index contributed by atoms with van der Waals surface area (Å²) in [6.45, 7) is 9.53. The van der Waals surface area contributed by atoms with Crippen LogP contribution in [0, 0.1) is 5.41 Å². The molecule has 0 amide bonds. The van der Waals surface area contributed by atoms with Gasteiger partial charge in [-0.3, -0.25) is 0 Å². The molecule has 12 heavy (non-hydrogen) atoms. The van der Waals surface area contributed by atoms with Crippen LogP contribution in [0.25, 0.3) is 0 Å². The molecule has 0 atom stereocenters. The molecule has 0 aliphatic heterocycles. The SMILES string of the molecule is CCN(CCO)CC(C)(C)CS. The van der Waals surface area contributed by atoms with E-state index < -0.39 is 0 Å². The number of likely N-dealkylation sites (N-methyl/N-ethyl adjacent to an activating group) is 1. The minimum Gasteiger partial charge on any atom is -0.395 e. The van der Waals surface area contributed by atoms with Gasteiger partial charge in [0.1, 0.15) is 0 Å². The van der Waals surface area contributed by atoms with E-state index in [0.717, 1.165) is 25.4 Å². The first-order chi connectivity index (χ1) is 5.55. The highest BCUT2D eigenvalue weighted by atomic mass is 32.1. The zero-order valence-corrected chi connectivity index (χ0v) is 9.27. The number of thiol groups is 1. The smallest absolute Gasteiger partial charge is 0.0558 e. The van der Waals surface area contributed by atoms with Crippen LogP contribution in [-0.4, -0.2) is 42.0 Å². The number of aliphatic hydroxyl groups excluding tert-OH is 1. The van der Waals surface area contributed by atoms with Gasteiger partial charge in [0.2, 0.25) is 0 Å². The zero-order valence-electron chi connectivity index (χ0n) is 8.38. The van der Waals surface area contributed by atoms with Crippen molar-refractivity contribution in [3.05, 3.63) is 0 Å². The van der Waals surface area contributed by atoms with E-state index in [0.29, 0.717) is 0 Å². The molecular weight excluding hydrogens is 170 g/mol. The molecule has 74 valence electrons. The number of hydrogen-bond acceptors (Lipinski definition) is 3. The van der Waals surface area contributed by atoms with Crippen LogP contribution in [0.1, 0.15) is 20.8 Å². The fourth-order valence-electron chi connectivity index (χ4n) is 1.15. The average molecular weight is 191 g/mol. The highest BCUT2D eigenvalue weighted by Crippen LogP contribution is 2.17. The molecule has 0 radical (unpaired) electrons. The summed E-state index contributed by atoms with van der Waals surface area (Å²) in [5.41, 5.74) is 0.244. The van der Waals surface area contributed by atoms with Gasteiger partial charge < -0.3 is 10.0 Å². The first kappa shape index (κ1) is 12.3. The van der Waals surface area contributed by atoms with Gasteiger partial charge in [-0.2, -0.15) is 12.6 Å². The molecule has 0 heterocycles. The third-order valence-corrected chi connectivity index (χ3v) is 2.80. The molecule has 0 unspecified atom stereocenters. The van der Waals surface area contributed by atoms with E-state index in [1.54, 1.807) is 0 Å². The Balaban J connectivity index is 3.83. The van der Waals surface area contributed by atoms with Crippen LogP contribution in [0.4, 0.5) is 0 Å². The Morgan fingerprint density at radius 1 is 1.42 bits per heavy atom. The normalized spacial score (nSPS) is 12.5. The summed E-state index contributed by atoms with van der Waals surface area (Å²) in [4.78, 5) is 2.25. The Morgan fingerprint density at radius 2 is 2.00 bits per heavy atom. The molecule has 0 aliphatic carbocycles.